The molecule has 0 bridgehead atoms. The number of thioether (sulfide) groups is 1. The third kappa shape index (κ3) is 21.9. The van der Waals surface area contributed by atoms with Gasteiger partial charge in [-0.25, -0.2) is 4.79 Å². The minimum absolute atomic E-state index is 0.0181. The molecule has 1 aliphatic rings. The molecule has 1 rings (SSSR count). The van der Waals surface area contributed by atoms with E-state index in [4.69, 9.17) is 23.7 Å². The summed E-state index contributed by atoms with van der Waals surface area (Å²) in [5.41, 5.74) is -0.888. The van der Waals surface area contributed by atoms with Crippen molar-refractivity contribution in [2.75, 3.05) is 32.0 Å². The van der Waals surface area contributed by atoms with Crippen LogP contribution in [0.2, 0.25) is 0 Å². The van der Waals surface area contributed by atoms with E-state index in [1.165, 1.54) is 20.8 Å². The molecule has 1 aliphatic heterocycles. The van der Waals surface area contributed by atoms with Gasteiger partial charge in [-0.3, -0.25) is 24.0 Å². The zero-order valence-corrected chi connectivity index (χ0v) is 31.9. The summed E-state index contributed by atoms with van der Waals surface area (Å²) in [6.07, 6.45) is 5.46. The first-order valence-corrected chi connectivity index (χ1v) is 18.9. The fourth-order valence-corrected chi connectivity index (χ4v) is 6.46. The standard InChI is InChI=1S/C35H61N3O11S/c1-24-31(46-26(3)40)32(47-27(4)41)28(23-45-25(2)39)48-33(24)50-22-16-10-15-20-37-30(43)17-11-8-13-19-36-29(42)18-12-9-14-21-38-34(44)49-35(5,6)7/h24,28,31-33H,8-23H2,1-7H3,(H,36,42)(H,37,43)(H,38,44). The normalized spacial score (nSPS) is 20.3. The van der Waals surface area contributed by atoms with E-state index < -0.39 is 47.9 Å². The fraction of sp³-hybridized carbons (Fsp3) is 0.829. The van der Waals surface area contributed by atoms with Gasteiger partial charge in [0.05, 0.1) is 0 Å². The molecule has 50 heavy (non-hydrogen) atoms. The molecule has 0 aromatic carbocycles. The average Bonchev–Trinajstić information content (AvgIpc) is 3.00. The molecule has 5 unspecified atom stereocenters. The van der Waals surface area contributed by atoms with Gasteiger partial charge >= 0.3 is 24.0 Å². The number of hydrogen-bond donors (Lipinski definition) is 3. The van der Waals surface area contributed by atoms with Gasteiger partial charge in [-0.05, 0) is 65.0 Å². The van der Waals surface area contributed by atoms with Gasteiger partial charge in [-0.1, -0.05) is 26.2 Å². The Morgan fingerprint density at radius 3 is 1.66 bits per heavy atom. The second-order valence-corrected chi connectivity index (χ2v) is 14.7. The quantitative estimate of drug-likeness (QED) is 0.0758. The largest absolute Gasteiger partial charge is 0.463 e. The van der Waals surface area contributed by atoms with Crippen molar-refractivity contribution >= 4 is 47.6 Å². The fourth-order valence-electron chi connectivity index (χ4n) is 5.18. The lowest BCUT2D eigenvalue weighted by atomic mass is 9.93. The summed E-state index contributed by atoms with van der Waals surface area (Å²) in [5.74, 6) is -1.04. The third-order valence-corrected chi connectivity index (χ3v) is 8.97. The van der Waals surface area contributed by atoms with Crippen molar-refractivity contribution < 1.29 is 52.5 Å². The van der Waals surface area contributed by atoms with E-state index >= 15 is 0 Å². The Bertz CT molecular complexity index is 1070. The molecule has 5 atom stereocenters. The van der Waals surface area contributed by atoms with Crippen molar-refractivity contribution in [1.29, 1.82) is 0 Å². The molecule has 0 aliphatic carbocycles. The lowest BCUT2D eigenvalue weighted by molar-refractivity contribution is -0.217. The molecular weight excluding hydrogens is 670 g/mol. The van der Waals surface area contributed by atoms with Crippen LogP contribution in [0.3, 0.4) is 0 Å². The van der Waals surface area contributed by atoms with Gasteiger partial charge in [0, 0.05) is 59.2 Å². The minimum atomic E-state index is -0.901. The van der Waals surface area contributed by atoms with E-state index in [1.54, 1.807) is 11.8 Å². The SMILES string of the molecule is CC(=O)OCC1OC(SCCCCCNC(=O)CCCCCNC(=O)CCCCCNC(=O)OC(C)(C)C)C(C)C(OC(C)=O)C1OC(C)=O. The Morgan fingerprint density at radius 2 is 1.16 bits per heavy atom. The van der Waals surface area contributed by atoms with Crippen LogP contribution >= 0.6 is 11.8 Å². The molecule has 0 saturated carbocycles. The van der Waals surface area contributed by atoms with Gasteiger partial charge in [-0.15, -0.1) is 11.8 Å². The van der Waals surface area contributed by atoms with Gasteiger partial charge < -0.3 is 39.6 Å². The van der Waals surface area contributed by atoms with E-state index in [0.29, 0.717) is 32.5 Å². The number of hydrogen-bond acceptors (Lipinski definition) is 12. The first kappa shape index (κ1) is 45.0. The number of carbonyl (C=O) groups excluding carboxylic acids is 6. The summed E-state index contributed by atoms with van der Waals surface area (Å²) < 4.78 is 27.5. The van der Waals surface area contributed by atoms with Gasteiger partial charge in [0.25, 0.3) is 0 Å². The number of rotatable bonds is 23. The predicted octanol–water partition coefficient (Wildman–Crippen LogP) is 4.56. The van der Waals surface area contributed by atoms with Crippen LogP contribution in [-0.2, 0) is 47.7 Å². The van der Waals surface area contributed by atoms with Gasteiger partial charge in [0.2, 0.25) is 11.8 Å². The van der Waals surface area contributed by atoms with Crippen LogP contribution in [0, 0.1) is 5.92 Å². The molecule has 1 fully saturated rings. The van der Waals surface area contributed by atoms with Gasteiger partial charge in [0.1, 0.15) is 29.9 Å². The smallest absolute Gasteiger partial charge is 0.407 e. The molecule has 1 heterocycles. The summed E-state index contributed by atoms with van der Waals surface area (Å²) in [4.78, 5) is 70.9. The highest BCUT2D eigenvalue weighted by Gasteiger charge is 2.48. The Hall–Kier alpha value is -3.07. The highest BCUT2D eigenvalue weighted by molar-refractivity contribution is 7.99. The Morgan fingerprint density at radius 1 is 0.660 bits per heavy atom. The van der Waals surface area contributed by atoms with Crippen molar-refractivity contribution in [3.63, 3.8) is 0 Å². The molecule has 14 nitrogen and oxygen atoms in total. The lowest BCUT2D eigenvalue weighted by Gasteiger charge is -2.44. The molecular formula is C35H61N3O11S. The van der Waals surface area contributed by atoms with E-state index in [1.807, 2.05) is 27.7 Å². The number of carbonyl (C=O) groups is 6. The molecule has 0 aromatic rings. The van der Waals surface area contributed by atoms with Crippen molar-refractivity contribution in [2.45, 2.75) is 148 Å². The van der Waals surface area contributed by atoms with E-state index in [9.17, 15) is 28.8 Å². The maximum atomic E-state index is 12.2. The number of alkyl carbamates (subject to hydrolysis) is 1. The van der Waals surface area contributed by atoms with Crippen molar-refractivity contribution in [3.05, 3.63) is 0 Å². The maximum Gasteiger partial charge on any atom is 0.407 e. The molecule has 1 saturated heterocycles. The summed E-state index contributed by atoms with van der Waals surface area (Å²) >= 11 is 1.56. The molecule has 3 amide bonds. The highest BCUT2D eigenvalue weighted by atomic mass is 32.2. The Balaban J connectivity index is 2.16. The Labute approximate surface area is 301 Å². The van der Waals surface area contributed by atoms with Crippen LogP contribution in [0.4, 0.5) is 4.79 Å². The second kappa shape index (κ2) is 25.0. The first-order valence-electron chi connectivity index (χ1n) is 17.8. The first-order chi connectivity index (χ1) is 23.6. The summed E-state index contributed by atoms with van der Waals surface area (Å²) in [5, 5.41) is 8.60. The zero-order chi connectivity index (χ0) is 37.5. The van der Waals surface area contributed by atoms with E-state index in [2.05, 4.69) is 16.0 Å². The maximum absolute atomic E-state index is 12.2. The molecule has 15 heteroatoms. The molecule has 3 N–H and O–H groups in total. The van der Waals surface area contributed by atoms with Crippen LogP contribution in [0.25, 0.3) is 0 Å². The predicted molar refractivity (Wildman–Crippen MR) is 189 cm³/mol. The van der Waals surface area contributed by atoms with Crippen molar-refractivity contribution in [1.82, 2.24) is 16.0 Å². The lowest BCUT2D eigenvalue weighted by Crippen LogP contribution is -2.57. The minimum Gasteiger partial charge on any atom is -0.463 e. The number of ether oxygens (including phenoxy) is 5. The number of unbranched alkanes of at least 4 members (excludes halogenated alkanes) is 6. The number of esters is 3. The molecule has 0 radical (unpaired) electrons. The number of nitrogens with one attached hydrogen (secondary N) is 3. The summed E-state index contributed by atoms with van der Waals surface area (Å²) in [7, 11) is 0. The van der Waals surface area contributed by atoms with Crippen molar-refractivity contribution in [2.24, 2.45) is 5.92 Å². The van der Waals surface area contributed by atoms with Crippen LogP contribution in [0.1, 0.15) is 119 Å². The molecule has 288 valence electrons. The monoisotopic (exact) mass is 731 g/mol. The highest BCUT2D eigenvalue weighted by Crippen LogP contribution is 2.36. The zero-order valence-electron chi connectivity index (χ0n) is 31.1. The van der Waals surface area contributed by atoms with Crippen molar-refractivity contribution in [3.8, 4) is 0 Å². The van der Waals surface area contributed by atoms with Crippen LogP contribution < -0.4 is 16.0 Å². The Kier molecular flexibility index (Phi) is 22.5. The number of amides is 3. The van der Waals surface area contributed by atoms with Gasteiger partial charge in [0.15, 0.2) is 6.10 Å². The van der Waals surface area contributed by atoms with Crippen LogP contribution in [-0.4, -0.2) is 97.2 Å². The van der Waals surface area contributed by atoms with E-state index in [-0.39, 0.29) is 29.8 Å². The van der Waals surface area contributed by atoms with Crippen LogP contribution in [0.15, 0.2) is 0 Å². The van der Waals surface area contributed by atoms with Gasteiger partial charge in [-0.2, -0.15) is 0 Å². The molecule has 0 aromatic heterocycles. The molecule has 0 spiro atoms. The summed E-state index contributed by atoms with van der Waals surface area (Å²) in [6, 6.07) is 0. The average molecular weight is 732 g/mol. The summed E-state index contributed by atoms with van der Waals surface area (Å²) in [6.45, 7) is 12.7. The van der Waals surface area contributed by atoms with Crippen LogP contribution in [0.5, 0.6) is 0 Å². The topological polar surface area (TPSA) is 185 Å². The third-order valence-electron chi connectivity index (χ3n) is 7.58. The van der Waals surface area contributed by atoms with E-state index in [0.717, 1.165) is 63.5 Å². The second-order valence-electron chi connectivity index (χ2n) is 13.5.